The Morgan fingerprint density at radius 3 is 2.58 bits per heavy atom. The van der Waals surface area contributed by atoms with E-state index in [9.17, 15) is 14.4 Å². The molecule has 0 spiro atoms. The summed E-state index contributed by atoms with van der Waals surface area (Å²) in [6.07, 6.45) is 0.0132. The van der Waals surface area contributed by atoms with E-state index in [1.807, 2.05) is 13.8 Å². The van der Waals surface area contributed by atoms with Gasteiger partial charge in [0.15, 0.2) is 6.10 Å². The number of hydrogen-bond acceptors (Lipinski definition) is 5. The second-order valence-corrected chi connectivity index (χ2v) is 6.20. The number of nitrogens with zero attached hydrogens (tertiary/aromatic N) is 1. The number of hydrogen-bond donors (Lipinski definition) is 1. The zero-order chi connectivity index (χ0) is 19.1. The summed E-state index contributed by atoms with van der Waals surface area (Å²) in [4.78, 5) is 37.9. The van der Waals surface area contributed by atoms with Gasteiger partial charge in [0, 0.05) is 25.2 Å². The van der Waals surface area contributed by atoms with Crippen LogP contribution in [0.5, 0.6) is 5.75 Å². The first-order valence-electron chi connectivity index (χ1n) is 8.97. The number of nitrogens with one attached hydrogen (secondary N) is 1. The van der Waals surface area contributed by atoms with Gasteiger partial charge in [0.1, 0.15) is 5.75 Å². The predicted molar refractivity (Wildman–Crippen MR) is 96.9 cm³/mol. The van der Waals surface area contributed by atoms with Crippen molar-refractivity contribution < 1.29 is 23.9 Å². The Hall–Kier alpha value is -2.57. The lowest BCUT2D eigenvalue weighted by Gasteiger charge is -2.18. The van der Waals surface area contributed by atoms with Crippen LogP contribution in [-0.2, 0) is 19.1 Å². The topological polar surface area (TPSA) is 84.9 Å². The number of benzene rings is 1. The molecule has 7 heteroatoms. The molecule has 1 aromatic carbocycles. The number of ether oxygens (including phenoxy) is 2. The summed E-state index contributed by atoms with van der Waals surface area (Å²) < 4.78 is 10.6. The first kappa shape index (κ1) is 19.8. The van der Waals surface area contributed by atoms with Crippen molar-refractivity contribution in [1.82, 2.24) is 5.32 Å². The molecule has 142 valence electrons. The van der Waals surface area contributed by atoms with E-state index in [0.717, 1.165) is 12.2 Å². The second-order valence-electron chi connectivity index (χ2n) is 6.20. The molecule has 0 radical (unpaired) electrons. The smallest absolute Gasteiger partial charge is 0.312 e. The van der Waals surface area contributed by atoms with Gasteiger partial charge in [-0.25, -0.2) is 0 Å². The monoisotopic (exact) mass is 362 g/mol. The third-order valence-electron chi connectivity index (χ3n) is 4.13. The highest BCUT2D eigenvalue weighted by atomic mass is 16.5. The van der Waals surface area contributed by atoms with Crippen LogP contribution in [0.2, 0.25) is 0 Å². The molecule has 1 heterocycles. The molecule has 2 rings (SSSR count). The van der Waals surface area contributed by atoms with Crippen LogP contribution in [0.4, 0.5) is 5.69 Å². The Morgan fingerprint density at radius 1 is 1.27 bits per heavy atom. The molecule has 2 unspecified atom stereocenters. The lowest BCUT2D eigenvalue weighted by Crippen LogP contribution is -2.37. The molecule has 1 aliphatic heterocycles. The first-order valence-corrected chi connectivity index (χ1v) is 8.97. The summed E-state index contributed by atoms with van der Waals surface area (Å²) >= 11 is 0. The molecule has 0 saturated carbocycles. The van der Waals surface area contributed by atoms with E-state index in [1.54, 1.807) is 29.2 Å². The molecule has 1 saturated heterocycles. The molecule has 0 aromatic heterocycles. The molecule has 7 nitrogen and oxygen atoms in total. The van der Waals surface area contributed by atoms with Gasteiger partial charge >= 0.3 is 5.97 Å². The van der Waals surface area contributed by atoms with E-state index in [4.69, 9.17) is 9.47 Å². The Labute approximate surface area is 153 Å². The highest BCUT2D eigenvalue weighted by molar-refractivity contribution is 5.99. The summed E-state index contributed by atoms with van der Waals surface area (Å²) in [6, 6.07) is 7.16. The van der Waals surface area contributed by atoms with Crippen molar-refractivity contribution in [3.05, 3.63) is 24.3 Å². The Balaban J connectivity index is 1.93. The highest BCUT2D eigenvalue weighted by Crippen LogP contribution is 2.27. The van der Waals surface area contributed by atoms with Gasteiger partial charge in [-0.2, -0.15) is 0 Å². The van der Waals surface area contributed by atoms with Crippen molar-refractivity contribution in [3.8, 4) is 5.75 Å². The summed E-state index contributed by atoms with van der Waals surface area (Å²) in [6.45, 7) is 6.72. The van der Waals surface area contributed by atoms with Crippen molar-refractivity contribution in [2.45, 2.75) is 39.7 Å². The standard InChI is InChI=1S/C19H26N2O5/c1-4-10-20-18(23)13(3)26-19(24)14-11-17(22)21(12-14)15-6-8-16(9-7-15)25-5-2/h6-9,13-14H,4-5,10-12H2,1-3H3,(H,20,23). The summed E-state index contributed by atoms with van der Waals surface area (Å²) in [5.74, 6) is -0.834. The highest BCUT2D eigenvalue weighted by Gasteiger charge is 2.37. The van der Waals surface area contributed by atoms with Gasteiger partial charge in [-0.05, 0) is 44.5 Å². The molecule has 2 amide bonds. The van der Waals surface area contributed by atoms with Gasteiger partial charge in [0.05, 0.1) is 12.5 Å². The predicted octanol–water partition coefficient (Wildman–Crippen LogP) is 1.90. The molecule has 0 aliphatic carbocycles. The molecule has 1 fully saturated rings. The zero-order valence-electron chi connectivity index (χ0n) is 15.5. The fourth-order valence-electron chi connectivity index (χ4n) is 2.72. The largest absolute Gasteiger partial charge is 0.494 e. The van der Waals surface area contributed by atoms with Crippen molar-refractivity contribution in [3.63, 3.8) is 0 Å². The fraction of sp³-hybridized carbons (Fsp3) is 0.526. The maximum Gasteiger partial charge on any atom is 0.312 e. The van der Waals surface area contributed by atoms with Crippen LogP contribution in [0.15, 0.2) is 24.3 Å². The van der Waals surface area contributed by atoms with E-state index in [1.165, 1.54) is 6.92 Å². The lowest BCUT2D eigenvalue weighted by atomic mass is 10.1. The summed E-state index contributed by atoms with van der Waals surface area (Å²) in [5.41, 5.74) is 0.711. The molecular formula is C19H26N2O5. The van der Waals surface area contributed by atoms with Gasteiger partial charge in [0.25, 0.3) is 5.91 Å². The van der Waals surface area contributed by atoms with Crippen LogP contribution in [-0.4, -0.2) is 43.6 Å². The van der Waals surface area contributed by atoms with Crippen LogP contribution in [0, 0.1) is 5.92 Å². The number of anilines is 1. The summed E-state index contributed by atoms with van der Waals surface area (Å²) in [7, 11) is 0. The zero-order valence-corrected chi connectivity index (χ0v) is 15.5. The van der Waals surface area contributed by atoms with E-state index in [2.05, 4.69) is 5.32 Å². The number of amides is 2. The van der Waals surface area contributed by atoms with Gasteiger partial charge in [0.2, 0.25) is 5.91 Å². The van der Waals surface area contributed by atoms with Crippen molar-refractivity contribution in [2.24, 2.45) is 5.92 Å². The van der Waals surface area contributed by atoms with Gasteiger partial charge in [-0.15, -0.1) is 0 Å². The quantitative estimate of drug-likeness (QED) is 0.714. The molecule has 0 bridgehead atoms. The maximum absolute atomic E-state index is 12.3. The number of rotatable bonds is 8. The van der Waals surface area contributed by atoms with Crippen LogP contribution in [0.25, 0.3) is 0 Å². The number of carbonyl (C=O) groups is 3. The van der Waals surface area contributed by atoms with Crippen molar-refractivity contribution >= 4 is 23.5 Å². The summed E-state index contributed by atoms with van der Waals surface area (Å²) in [5, 5.41) is 2.68. The normalized spacial score (nSPS) is 17.7. The number of esters is 1. The first-order chi connectivity index (χ1) is 12.5. The number of carbonyl (C=O) groups excluding carboxylic acids is 3. The molecule has 2 atom stereocenters. The van der Waals surface area contributed by atoms with E-state index in [-0.39, 0.29) is 24.8 Å². The SMILES string of the molecule is CCCNC(=O)C(C)OC(=O)C1CC(=O)N(c2ccc(OCC)cc2)C1. The van der Waals surface area contributed by atoms with Gasteiger partial charge in [-0.1, -0.05) is 6.92 Å². The fourth-order valence-corrected chi connectivity index (χ4v) is 2.72. The van der Waals surface area contributed by atoms with Crippen LogP contribution < -0.4 is 15.0 Å². The third-order valence-corrected chi connectivity index (χ3v) is 4.13. The van der Waals surface area contributed by atoms with E-state index in [0.29, 0.717) is 18.8 Å². The third kappa shape index (κ3) is 4.97. The minimum Gasteiger partial charge on any atom is -0.494 e. The molecular weight excluding hydrogens is 336 g/mol. The minimum absolute atomic E-state index is 0.0787. The molecule has 1 aliphatic rings. The van der Waals surface area contributed by atoms with Gasteiger partial charge < -0.3 is 19.7 Å². The van der Waals surface area contributed by atoms with Gasteiger partial charge in [-0.3, -0.25) is 14.4 Å². The molecule has 1 aromatic rings. The van der Waals surface area contributed by atoms with Crippen LogP contribution in [0.3, 0.4) is 0 Å². The Kier molecular flexibility index (Phi) is 7.00. The van der Waals surface area contributed by atoms with Crippen LogP contribution >= 0.6 is 0 Å². The average molecular weight is 362 g/mol. The molecule has 1 N–H and O–H groups in total. The lowest BCUT2D eigenvalue weighted by molar-refractivity contribution is -0.158. The Morgan fingerprint density at radius 2 is 1.96 bits per heavy atom. The van der Waals surface area contributed by atoms with E-state index < -0.39 is 18.0 Å². The second kappa shape index (κ2) is 9.22. The van der Waals surface area contributed by atoms with Crippen LogP contribution in [0.1, 0.15) is 33.6 Å². The average Bonchev–Trinajstić information content (AvgIpc) is 3.02. The van der Waals surface area contributed by atoms with Crippen molar-refractivity contribution in [2.75, 3.05) is 24.6 Å². The van der Waals surface area contributed by atoms with Crippen molar-refractivity contribution in [1.29, 1.82) is 0 Å². The minimum atomic E-state index is -0.872. The Bertz CT molecular complexity index is 644. The maximum atomic E-state index is 12.3. The van der Waals surface area contributed by atoms with E-state index >= 15 is 0 Å². The molecule has 26 heavy (non-hydrogen) atoms.